The summed E-state index contributed by atoms with van der Waals surface area (Å²) in [6.45, 7) is 10.2. The number of carbonyl (C=O) groups is 3. The Balaban J connectivity index is 1.55. The van der Waals surface area contributed by atoms with Gasteiger partial charge in [0.15, 0.2) is 0 Å². The van der Waals surface area contributed by atoms with Crippen LogP contribution in [0.5, 0.6) is 0 Å². The number of allylic oxidation sites excluding steroid dienone is 1. The van der Waals surface area contributed by atoms with Crippen LogP contribution >= 0.6 is 0 Å². The number of hydrogen-bond acceptors (Lipinski definition) is 3. The summed E-state index contributed by atoms with van der Waals surface area (Å²) in [4.78, 5) is 38.8. The van der Waals surface area contributed by atoms with Crippen molar-refractivity contribution in [1.29, 1.82) is 0 Å². The van der Waals surface area contributed by atoms with E-state index in [-0.39, 0.29) is 35.6 Å². The minimum absolute atomic E-state index is 0.0308. The summed E-state index contributed by atoms with van der Waals surface area (Å²) < 4.78 is 0. The van der Waals surface area contributed by atoms with Crippen molar-refractivity contribution in [2.75, 3.05) is 19.6 Å². The van der Waals surface area contributed by atoms with Gasteiger partial charge >= 0.3 is 0 Å². The minimum Gasteiger partial charge on any atom is -0.355 e. The average Bonchev–Trinajstić information content (AvgIpc) is 3.21. The first-order valence-electron chi connectivity index (χ1n) is 12.8. The Morgan fingerprint density at radius 1 is 1.12 bits per heavy atom. The molecule has 1 saturated carbocycles. The number of carbonyl (C=O) groups excluding carboxylic acids is 3. The maximum absolute atomic E-state index is 13.0. The second-order valence-corrected chi connectivity index (χ2v) is 10.7. The van der Waals surface area contributed by atoms with Gasteiger partial charge in [0.05, 0.1) is 0 Å². The fourth-order valence-electron chi connectivity index (χ4n) is 5.97. The molecule has 4 unspecified atom stereocenters. The first-order chi connectivity index (χ1) is 15.2. The average molecular weight is 446 g/mol. The molecule has 6 heteroatoms. The monoisotopic (exact) mass is 445 g/mol. The zero-order valence-corrected chi connectivity index (χ0v) is 20.5. The van der Waals surface area contributed by atoms with E-state index >= 15 is 0 Å². The van der Waals surface area contributed by atoms with E-state index in [1.54, 1.807) is 0 Å². The molecule has 0 aromatic rings. The number of hydrogen-bond donors (Lipinski definition) is 2. The van der Waals surface area contributed by atoms with Gasteiger partial charge in [-0.1, -0.05) is 44.8 Å². The van der Waals surface area contributed by atoms with Crippen molar-refractivity contribution in [2.24, 2.45) is 29.6 Å². The molecule has 6 nitrogen and oxygen atoms in total. The molecule has 0 aromatic carbocycles. The van der Waals surface area contributed by atoms with Crippen molar-refractivity contribution in [1.82, 2.24) is 15.5 Å². The van der Waals surface area contributed by atoms with Gasteiger partial charge in [-0.25, -0.2) is 0 Å². The van der Waals surface area contributed by atoms with Crippen molar-refractivity contribution in [2.45, 2.75) is 85.1 Å². The Kier molecular flexibility index (Phi) is 8.78. The quantitative estimate of drug-likeness (QED) is 0.587. The van der Waals surface area contributed by atoms with Crippen molar-refractivity contribution < 1.29 is 14.4 Å². The van der Waals surface area contributed by atoms with Crippen LogP contribution in [0.1, 0.15) is 79.1 Å². The molecule has 3 aliphatic rings. The first kappa shape index (κ1) is 24.8. The van der Waals surface area contributed by atoms with Crippen LogP contribution in [0.25, 0.3) is 0 Å². The lowest BCUT2D eigenvalue weighted by atomic mass is 9.69. The van der Waals surface area contributed by atoms with E-state index in [0.29, 0.717) is 37.3 Å². The van der Waals surface area contributed by atoms with E-state index in [1.165, 1.54) is 31.8 Å². The van der Waals surface area contributed by atoms with Crippen molar-refractivity contribution >= 4 is 17.7 Å². The zero-order valence-electron chi connectivity index (χ0n) is 20.5. The Hall–Kier alpha value is -1.85. The van der Waals surface area contributed by atoms with Crippen molar-refractivity contribution in [3.05, 3.63) is 11.6 Å². The van der Waals surface area contributed by atoms with Gasteiger partial charge in [0.2, 0.25) is 17.7 Å². The van der Waals surface area contributed by atoms with Crippen molar-refractivity contribution in [3.8, 4) is 0 Å². The number of nitrogens with one attached hydrogen (secondary N) is 2. The van der Waals surface area contributed by atoms with Gasteiger partial charge < -0.3 is 15.5 Å². The number of amides is 3. The Morgan fingerprint density at radius 2 is 1.84 bits per heavy atom. The van der Waals surface area contributed by atoms with Gasteiger partial charge in [-0.2, -0.15) is 0 Å². The van der Waals surface area contributed by atoms with Gasteiger partial charge in [0, 0.05) is 44.9 Å². The molecule has 0 spiro atoms. The molecular formula is C26H43N3O3. The van der Waals surface area contributed by atoms with E-state index in [2.05, 4.69) is 37.5 Å². The van der Waals surface area contributed by atoms with E-state index < -0.39 is 0 Å². The lowest BCUT2D eigenvalue weighted by molar-refractivity contribution is -0.131. The molecular weight excluding hydrogens is 402 g/mol. The second kappa shape index (κ2) is 11.3. The molecule has 0 aromatic heterocycles. The van der Waals surface area contributed by atoms with Gasteiger partial charge in [-0.05, 0) is 56.3 Å². The van der Waals surface area contributed by atoms with Crippen LogP contribution < -0.4 is 10.6 Å². The fourth-order valence-corrected chi connectivity index (χ4v) is 5.97. The van der Waals surface area contributed by atoms with Crippen LogP contribution in [0.3, 0.4) is 0 Å². The van der Waals surface area contributed by atoms with Crippen LogP contribution in [0.4, 0.5) is 0 Å². The SMILES string of the molecule is CC(=O)NC1CCN(C(=O)CC2CC(C(C)C)C(CNC(=O)C3CCCCC3)C=C2C)C1. The Morgan fingerprint density at radius 3 is 2.50 bits per heavy atom. The predicted molar refractivity (Wildman–Crippen MR) is 127 cm³/mol. The predicted octanol–water partition coefficient (Wildman–Crippen LogP) is 3.66. The smallest absolute Gasteiger partial charge is 0.223 e. The third kappa shape index (κ3) is 6.58. The number of rotatable bonds is 7. The van der Waals surface area contributed by atoms with Gasteiger partial charge in [0.1, 0.15) is 0 Å². The molecule has 3 rings (SSSR count). The molecule has 3 amide bonds. The minimum atomic E-state index is -0.0308. The summed E-state index contributed by atoms with van der Waals surface area (Å²) in [7, 11) is 0. The molecule has 1 heterocycles. The highest BCUT2D eigenvalue weighted by atomic mass is 16.2. The standard InChI is InChI=1S/C26H43N3O3/c1-17(2)24-13-21(14-25(31)29-11-10-23(16-29)28-19(4)30)18(3)12-22(24)15-27-26(32)20-8-6-5-7-9-20/h12,17,20-24H,5-11,13-16H2,1-4H3,(H,27,32)(H,28,30). The summed E-state index contributed by atoms with van der Waals surface area (Å²) in [6, 6.07) is 0.0833. The van der Waals surface area contributed by atoms with E-state index in [9.17, 15) is 14.4 Å². The third-order valence-electron chi connectivity index (χ3n) is 7.94. The summed E-state index contributed by atoms with van der Waals surface area (Å²) in [5.74, 6) is 2.17. The van der Waals surface area contributed by atoms with E-state index in [0.717, 1.165) is 32.2 Å². The number of nitrogens with zero attached hydrogens (tertiary/aromatic N) is 1. The van der Waals surface area contributed by atoms with Crippen molar-refractivity contribution in [3.63, 3.8) is 0 Å². The highest BCUT2D eigenvalue weighted by molar-refractivity contribution is 5.79. The molecule has 2 fully saturated rings. The summed E-state index contributed by atoms with van der Waals surface area (Å²) in [5, 5.41) is 6.19. The second-order valence-electron chi connectivity index (χ2n) is 10.7. The molecule has 32 heavy (non-hydrogen) atoms. The molecule has 1 saturated heterocycles. The fraction of sp³-hybridized carbons (Fsp3) is 0.808. The molecule has 4 atom stereocenters. The maximum atomic E-state index is 13.0. The summed E-state index contributed by atoms with van der Waals surface area (Å²) in [6.07, 6.45) is 10.4. The highest BCUT2D eigenvalue weighted by Gasteiger charge is 2.35. The topological polar surface area (TPSA) is 78.5 Å². The Bertz CT molecular complexity index is 711. The van der Waals surface area contributed by atoms with E-state index in [4.69, 9.17) is 0 Å². The normalized spacial score (nSPS) is 29.0. The van der Waals surface area contributed by atoms with Gasteiger partial charge in [-0.3, -0.25) is 14.4 Å². The summed E-state index contributed by atoms with van der Waals surface area (Å²) >= 11 is 0. The largest absolute Gasteiger partial charge is 0.355 e. The molecule has 0 radical (unpaired) electrons. The summed E-state index contributed by atoms with van der Waals surface area (Å²) in [5.41, 5.74) is 1.28. The zero-order chi connectivity index (χ0) is 23.3. The maximum Gasteiger partial charge on any atom is 0.223 e. The van der Waals surface area contributed by atoms with Crippen LogP contribution in [0, 0.1) is 29.6 Å². The first-order valence-corrected chi connectivity index (χ1v) is 12.8. The molecule has 2 aliphatic carbocycles. The molecule has 1 aliphatic heterocycles. The van der Waals surface area contributed by atoms with E-state index in [1.807, 2.05) is 4.90 Å². The molecule has 0 bridgehead atoms. The van der Waals surface area contributed by atoms with Crippen LogP contribution in [0.15, 0.2) is 11.6 Å². The van der Waals surface area contributed by atoms with Crippen LogP contribution in [-0.2, 0) is 14.4 Å². The van der Waals surface area contributed by atoms with Crippen LogP contribution in [-0.4, -0.2) is 48.3 Å². The van der Waals surface area contributed by atoms with Gasteiger partial charge in [0.25, 0.3) is 0 Å². The Labute approximate surface area is 193 Å². The molecule has 2 N–H and O–H groups in total. The third-order valence-corrected chi connectivity index (χ3v) is 7.94. The highest BCUT2D eigenvalue weighted by Crippen LogP contribution is 2.39. The lowest BCUT2D eigenvalue weighted by Crippen LogP contribution is -2.40. The molecule has 180 valence electrons. The van der Waals surface area contributed by atoms with Gasteiger partial charge in [-0.15, -0.1) is 0 Å². The number of likely N-dealkylation sites (tertiary alicyclic amines) is 1. The van der Waals surface area contributed by atoms with Crippen LogP contribution in [0.2, 0.25) is 0 Å². The lowest BCUT2D eigenvalue weighted by Gasteiger charge is -2.38.